The lowest BCUT2D eigenvalue weighted by atomic mass is 10.3. The Morgan fingerprint density at radius 2 is 2.50 bits per heavy atom. The molecule has 0 radical (unpaired) electrons. The number of thiocarbonyl (C=S) groups is 1. The Labute approximate surface area is 78.8 Å². The predicted molar refractivity (Wildman–Crippen MR) is 53.7 cm³/mol. The molecule has 12 heavy (non-hydrogen) atoms. The van der Waals surface area contributed by atoms with Crippen LogP contribution in [0.3, 0.4) is 0 Å². The van der Waals surface area contributed by atoms with Gasteiger partial charge in [-0.25, -0.2) is 4.52 Å². The van der Waals surface area contributed by atoms with Gasteiger partial charge in [0, 0.05) is 11.6 Å². The zero-order chi connectivity index (χ0) is 8.72. The lowest BCUT2D eigenvalue weighted by Crippen LogP contribution is -2.09. The molecule has 3 nitrogen and oxygen atoms in total. The SMILES string of the molecule is Cc1nn2ccsc2c1C(N)=S. The second kappa shape index (κ2) is 2.53. The number of thiazole rings is 1. The van der Waals surface area contributed by atoms with Crippen molar-refractivity contribution in [3.8, 4) is 0 Å². The van der Waals surface area contributed by atoms with Gasteiger partial charge >= 0.3 is 0 Å². The highest BCUT2D eigenvalue weighted by molar-refractivity contribution is 7.80. The zero-order valence-corrected chi connectivity index (χ0v) is 8.08. The van der Waals surface area contributed by atoms with Crippen LogP contribution in [0.4, 0.5) is 0 Å². The van der Waals surface area contributed by atoms with Crippen LogP contribution in [0.5, 0.6) is 0 Å². The van der Waals surface area contributed by atoms with Crippen molar-refractivity contribution in [3.63, 3.8) is 0 Å². The van der Waals surface area contributed by atoms with E-state index in [0.717, 1.165) is 16.1 Å². The molecule has 62 valence electrons. The molecule has 0 aliphatic carbocycles. The minimum atomic E-state index is 0.421. The molecule has 0 saturated heterocycles. The summed E-state index contributed by atoms with van der Waals surface area (Å²) in [5.41, 5.74) is 7.37. The van der Waals surface area contributed by atoms with Gasteiger partial charge in [0.25, 0.3) is 0 Å². The van der Waals surface area contributed by atoms with E-state index in [1.54, 1.807) is 15.9 Å². The molecule has 0 unspecified atom stereocenters. The Hall–Kier alpha value is -0.940. The van der Waals surface area contributed by atoms with Crippen molar-refractivity contribution in [1.82, 2.24) is 9.61 Å². The second-order valence-electron chi connectivity index (χ2n) is 2.48. The minimum Gasteiger partial charge on any atom is -0.389 e. The third-order valence-corrected chi connectivity index (χ3v) is 2.75. The molecule has 0 amide bonds. The highest BCUT2D eigenvalue weighted by Gasteiger charge is 2.11. The topological polar surface area (TPSA) is 43.3 Å². The molecular weight excluding hydrogens is 190 g/mol. The van der Waals surface area contributed by atoms with Crippen LogP contribution in [-0.2, 0) is 0 Å². The Kier molecular flexibility index (Phi) is 1.62. The maximum absolute atomic E-state index is 5.57. The first-order valence-corrected chi connectivity index (χ1v) is 4.71. The molecule has 2 N–H and O–H groups in total. The molecule has 0 fully saturated rings. The summed E-state index contributed by atoms with van der Waals surface area (Å²) in [5.74, 6) is 0. The Morgan fingerprint density at radius 1 is 1.75 bits per heavy atom. The van der Waals surface area contributed by atoms with E-state index in [0.29, 0.717) is 4.99 Å². The van der Waals surface area contributed by atoms with Gasteiger partial charge < -0.3 is 5.73 Å². The first-order valence-electron chi connectivity index (χ1n) is 3.42. The van der Waals surface area contributed by atoms with Gasteiger partial charge in [-0.3, -0.25) is 0 Å². The van der Waals surface area contributed by atoms with Gasteiger partial charge in [0.15, 0.2) is 0 Å². The summed E-state index contributed by atoms with van der Waals surface area (Å²) in [6.45, 7) is 1.91. The molecular formula is C7H7N3S2. The van der Waals surface area contributed by atoms with Crippen LogP contribution in [0, 0.1) is 6.92 Å². The number of fused-ring (bicyclic) bond motifs is 1. The number of nitrogens with two attached hydrogens (primary N) is 1. The van der Waals surface area contributed by atoms with E-state index in [9.17, 15) is 0 Å². The highest BCUT2D eigenvalue weighted by Crippen LogP contribution is 2.19. The summed E-state index contributed by atoms with van der Waals surface area (Å²) in [5, 5.41) is 6.22. The smallest absolute Gasteiger partial charge is 0.129 e. The molecule has 2 heterocycles. The van der Waals surface area contributed by atoms with Crippen molar-refractivity contribution in [3.05, 3.63) is 22.8 Å². The van der Waals surface area contributed by atoms with Crippen molar-refractivity contribution in [2.24, 2.45) is 5.73 Å². The molecule has 2 aromatic rings. The maximum Gasteiger partial charge on any atom is 0.129 e. The van der Waals surface area contributed by atoms with E-state index < -0.39 is 0 Å². The molecule has 0 aliphatic rings. The minimum absolute atomic E-state index is 0.421. The van der Waals surface area contributed by atoms with E-state index in [-0.39, 0.29) is 0 Å². The van der Waals surface area contributed by atoms with Crippen molar-refractivity contribution in [2.45, 2.75) is 6.92 Å². The zero-order valence-electron chi connectivity index (χ0n) is 6.44. The highest BCUT2D eigenvalue weighted by atomic mass is 32.1. The molecule has 0 spiro atoms. The van der Waals surface area contributed by atoms with Crippen molar-refractivity contribution >= 4 is 33.4 Å². The van der Waals surface area contributed by atoms with Gasteiger partial charge in [-0.15, -0.1) is 11.3 Å². The first-order chi connectivity index (χ1) is 5.70. The van der Waals surface area contributed by atoms with Gasteiger partial charge in [-0.05, 0) is 6.92 Å². The van der Waals surface area contributed by atoms with Gasteiger partial charge in [-0.1, -0.05) is 12.2 Å². The summed E-state index contributed by atoms with van der Waals surface area (Å²) in [6, 6.07) is 0. The van der Waals surface area contributed by atoms with Crippen LogP contribution in [0.25, 0.3) is 4.83 Å². The average Bonchev–Trinajstić information content (AvgIpc) is 2.44. The number of nitrogens with zero attached hydrogens (tertiary/aromatic N) is 2. The van der Waals surface area contributed by atoms with E-state index in [1.165, 1.54) is 0 Å². The largest absolute Gasteiger partial charge is 0.389 e. The van der Waals surface area contributed by atoms with Crippen LogP contribution in [0.1, 0.15) is 11.3 Å². The number of aryl methyl sites for hydroxylation is 1. The molecule has 0 atom stereocenters. The van der Waals surface area contributed by atoms with Gasteiger partial charge in [-0.2, -0.15) is 5.10 Å². The Morgan fingerprint density at radius 3 is 3.17 bits per heavy atom. The monoisotopic (exact) mass is 197 g/mol. The van der Waals surface area contributed by atoms with Crippen LogP contribution < -0.4 is 5.73 Å². The Balaban J connectivity index is 2.84. The van der Waals surface area contributed by atoms with E-state index in [2.05, 4.69) is 5.10 Å². The quantitative estimate of drug-likeness (QED) is 0.701. The number of rotatable bonds is 1. The van der Waals surface area contributed by atoms with Crippen molar-refractivity contribution < 1.29 is 0 Å². The predicted octanol–water partition coefficient (Wildman–Crippen LogP) is 1.34. The van der Waals surface area contributed by atoms with Crippen LogP contribution in [0.2, 0.25) is 0 Å². The molecule has 2 aromatic heterocycles. The normalized spacial score (nSPS) is 10.8. The lowest BCUT2D eigenvalue weighted by molar-refractivity contribution is 0.947. The van der Waals surface area contributed by atoms with E-state index in [4.69, 9.17) is 18.0 Å². The van der Waals surface area contributed by atoms with Crippen LogP contribution in [-0.4, -0.2) is 14.6 Å². The van der Waals surface area contributed by atoms with Crippen LogP contribution >= 0.6 is 23.6 Å². The van der Waals surface area contributed by atoms with Crippen molar-refractivity contribution in [2.75, 3.05) is 0 Å². The molecule has 5 heteroatoms. The maximum atomic E-state index is 5.57. The molecule has 0 saturated carbocycles. The third kappa shape index (κ3) is 0.937. The first kappa shape index (κ1) is 7.70. The van der Waals surface area contributed by atoms with Crippen LogP contribution in [0.15, 0.2) is 11.6 Å². The summed E-state index contributed by atoms with van der Waals surface area (Å²) in [4.78, 5) is 1.45. The summed E-state index contributed by atoms with van der Waals surface area (Å²) < 4.78 is 1.80. The molecule has 0 bridgehead atoms. The fourth-order valence-corrected chi connectivity index (χ4v) is 2.38. The summed E-state index contributed by atoms with van der Waals surface area (Å²) in [7, 11) is 0. The number of hydrogen-bond donors (Lipinski definition) is 1. The summed E-state index contributed by atoms with van der Waals surface area (Å²) in [6.07, 6.45) is 1.90. The Bertz CT molecular complexity index is 440. The van der Waals surface area contributed by atoms with Crippen molar-refractivity contribution in [1.29, 1.82) is 0 Å². The molecule has 2 rings (SSSR count). The van der Waals surface area contributed by atoms with Gasteiger partial charge in [0.2, 0.25) is 0 Å². The fraction of sp³-hybridized carbons (Fsp3) is 0.143. The number of hydrogen-bond acceptors (Lipinski definition) is 3. The third-order valence-electron chi connectivity index (χ3n) is 1.67. The second-order valence-corrected chi connectivity index (χ2v) is 3.81. The van der Waals surface area contributed by atoms with E-state index in [1.807, 2.05) is 18.5 Å². The fourth-order valence-electron chi connectivity index (χ4n) is 1.18. The molecule has 0 aliphatic heterocycles. The summed E-state index contributed by atoms with van der Waals surface area (Å²) >= 11 is 6.52. The average molecular weight is 197 g/mol. The standard InChI is InChI=1S/C7H7N3S2/c1-4-5(6(8)11)7-10(9-4)2-3-12-7/h2-3H,1H3,(H2,8,11). The number of aromatic nitrogens is 2. The van der Waals surface area contributed by atoms with Gasteiger partial charge in [0.1, 0.15) is 9.82 Å². The van der Waals surface area contributed by atoms with Gasteiger partial charge in [0.05, 0.1) is 11.3 Å². The lowest BCUT2D eigenvalue weighted by Gasteiger charge is -1.91. The molecule has 0 aromatic carbocycles. The van der Waals surface area contributed by atoms with E-state index >= 15 is 0 Å².